The molecule has 2 aromatic carbocycles. The maximum absolute atomic E-state index is 12.5. The van der Waals surface area contributed by atoms with E-state index in [4.69, 9.17) is 16.3 Å². The van der Waals surface area contributed by atoms with Gasteiger partial charge in [-0.1, -0.05) is 37.6 Å². The fourth-order valence-corrected chi connectivity index (χ4v) is 3.79. The molecule has 0 aliphatic rings. The molecule has 0 radical (unpaired) electrons. The number of ether oxygens (including phenoxy) is 1. The van der Waals surface area contributed by atoms with Crippen LogP contribution in [-0.2, 0) is 19.6 Å². The van der Waals surface area contributed by atoms with Gasteiger partial charge in [0.2, 0.25) is 15.9 Å². The first-order valence-electron chi connectivity index (χ1n) is 9.37. The van der Waals surface area contributed by atoms with Gasteiger partial charge in [0.25, 0.3) is 0 Å². The van der Waals surface area contributed by atoms with Gasteiger partial charge in [0.1, 0.15) is 6.54 Å². The number of rotatable bonds is 8. The molecule has 30 heavy (non-hydrogen) atoms. The molecule has 0 spiro atoms. The molecule has 0 saturated heterocycles. The molecule has 7 nitrogen and oxygen atoms in total. The van der Waals surface area contributed by atoms with Crippen LogP contribution in [0, 0.1) is 0 Å². The summed E-state index contributed by atoms with van der Waals surface area (Å²) in [5.41, 5.74) is 1.96. The summed E-state index contributed by atoms with van der Waals surface area (Å²) >= 11 is 6.15. The minimum Gasteiger partial charge on any atom is -0.462 e. The van der Waals surface area contributed by atoms with Gasteiger partial charge in [-0.05, 0) is 48.7 Å². The average molecular weight is 453 g/mol. The van der Waals surface area contributed by atoms with Gasteiger partial charge in [0.05, 0.1) is 34.8 Å². The van der Waals surface area contributed by atoms with Crippen LogP contribution in [0.4, 0.5) is 11.4 Å². The number of carbonyl (C=O) groups is 2. The number of carbonyl (C=O) groups excluding carboxylic acids is 2. The summed E-state index contributed by atoms with van der Waals surface area (Å²) in [7, 11) is -3.69. The van der Waals surface area contributed by atoms with Gasteiger partial charge in [0.15, 0.2) is 0 Å². The van der Waals surface area contributed by atoms with E-state index in [0.717, 1.165) is 16.1 Å². The van der Waals surface area contributed by atoms with Crippen LogP contribution in [0.25, 0.3) is 0 Å². The summed E-state index contributed by atoms with van der Waals surface area (Å²) in [5.74, 6) is -0.793. The van der Waals surface area contributed by atoms with Crippen LogP contribution in [0.5, 0.6) is 0 Å². The molecular weight excluding hydrogens is 428 g/mol. The summed E-state index contributed by atoms with van der Waals surface area (Å²) in [6, 6.07) is 11.3. The lowest BCUT2D eigenvalue weighted by atomic mass is 10.0. The number of sulfonamides is 1. The third kappa shape index (κ3) is 6.21. The van der Waals surface area contributed by atoms with Gasteiger partial charge in [-0.3, -0.25) is 9.10 Å². The second-order valence-electron chi connectivity index (χ2n) is 6.98. The summed E-state index contributed by atoms with van der Waals surface area (Å²) < 4.78 is 30.4. The van der Waals surface area contributed by atoms with Crippen LogP contribution in [-0.4, -0.2) is 39.7 Å². The molecule has 0 aliphatic carbocycles. The molecule has 0 bridgehead atoms. The lowest BCUT2D eigenvalue weighted by Gasteiger charge is -2.22. The van der Waals surface area contributed by atoms with Crippen LogP contribution >= 0.6 is 11.6 Å². The molecule has 9 heteroatoms. The van der Waals surface area contributed by atoms with Gasteiger partial charge in [-0.2, -0.15) is 0 Å². The Kier molecular flexibility index (Phi) is 7.86. The first kappa shape index (κ1) is 23.7. The Hall–Kier alpha value is -2.58. The number of halogens is 1. The van der Waals surface area contributed by atoms with Crippen molar-refractivity contribution in [2.24, 2.45) is 0 Å². The SMILES string of the molecule is CCOC(=O)c1ccc(NC(=O)CN(c2ccc(C(C)C)cc2)S(C)(=O)=O)c(Cl)c1. The number of hydrogen-bond acceptors (Lipinski definition) is 5. The van der Waals surface area contributed by atoms with E-state index >= 15 is 0 Å². The van der Waals surface area contributed by atoms with Crippen LogP contribution < -0.4 is 9.62 Å². The highest BCUT2D eigenvalue weighted by molar-refractivity contribution is 7.92. The van der Waals surface area contributed by atoms with E-state index in [2.05, 4.69) is 5.32 Å². The molecule has 1 N–H and O–H groups in total. The summed E-state index contributed by atoms with van der Waals surface area (Å²) in [5, 5.41) is 2.72. The molecule has 0 saturated carbocycles. The second kappa shape index (κ2) is 9.95. The lowest BCUT2D eigenvalue weighted by molar-refractivity contribution is -0.114. The number of nitrogens with one attached hydrogen (secondary N) is 1. The fourth-order valence-electron chi connectivity index (χ4n) is 2.70. The summed E-state index contributed by atoms with van der Waals surface area (Å²) in [6.07, 6.45) is 1.04. The predicted octanol–water partition coefficient (Wildman–Crippen LogP) is 4.04. The Morgan fingerprint density at radius 2 is 1.77 bits per heavy atom. The molecular formula is C21H25ClN2O5S. The van der Waals surface area contributed by atoms with E-state index in [9.17, 15) is 18.0 Å². The van der Waals surface area contributed by atoms with E-state index in [1.165, 1.54) is 18.2 Å². The minimum atomic E-state index is -3.69. The van der Waals surface area contributed by atoms with Crippen LogP contribution in [0.15, 0.2) is 42.5 Å². The molecule has 2 aromatic rings. The van der Waals surface area contributed by atoms with Gasteiger partial charge >= 0.3 is 5.97 Å². The van der Waals surface area contributed by atoms with Crippen molar-refractivity contribution >= 4 is 44.9 Å². The molecule has 0 aliphatic heterocycles. The third-order valence-electron chi connectivity index (χ3n) is 4.29. The van der Waals surface area contributed by atoms with Crippen molar-refractivity contribution in [3.63, 3.8) is 0 Å². The van der Waals surface area contributed by atoms with Crippen molar-refractivity contribution in [3.8, 4) is 0 Å². The highest BCUT2D eigenvalue weighted by atomic mass is 35.5. The molecule has 0 aromatic heterocycles. The molecule has 0 fully saturated rings. The zero-order chi connectivity index (χ0) is 22.5. The highest BCUT2D eigenvalue weighted by Gasteiger charge is 2.22. The zero-order valence-corrected chi connectivity index (χ0v) is 18.9. The van der Waals surface area contributed by atoms with Crippen molar-refractivity contribution in [1.29, 1.82) is 0 Å². The van der Waals surface area contributed by atoms with Crippen molar-refractivity contribution in [2.45, 2.75) is 26.7 Å². The molecule has 0 unspecified atom stereocenters. The van der Waals surface area contributed by atoms with Gasteiger partial charge < -0.3 is 10.1 Å². The second-order valence-corrected chi connectivity index (χ2v) is 9.29. The standard InChI is InChI=1S/C21H25ClN2O5S/c1-5-29-21(26)16-8-11-19(18(22)12-16)23-20(25)13-24(30(4,27)28)17-9-6-15(7-10-17)14(2)3/h6-12,14H,5,13H2,1-4H3,(H,23,25). The first-order chi connectivity index (χ1) is 14.0. The topological polar surface area (TPSA) is 92.8 Å². The smallest absolute Gasteiger partial charge is 0.338 e. The van der Waals surface area contributed by atoms with Crippen molar-refractivity contribution in [1.82, 2.24) is 0 Å². The molecule has 1 amide bonds. The van der Waals surface area contributed by atoms with E-state index in [-0.39, 0.29) is 22.9 Å². The average Bonchev–Trinajstić information content (AvgIpc) is 2.67. The molecule has 2 rings (SSSR count). The van der Waals surface area contributed by atoms with E-state index in [0.29, 0.717) is 11.6 Å². The molecule has 162 valence electrons. The quantitative estimate of drug-likeness (QED) is 0.610. The first-order valence-corrected chi connectivity index (χ1v) is 11.6. The van der Waals surface area contributed by atoms with Gasteiger partial charge in [-0.15, -0.1) is 0 Å². The summed E-state index contributed by atoms with van der Waals surface area (Å²) in [4.78, 5) is 24.3. The highest BCUT2D eigenvalue weighted by Crippen LogP contribution is 2.25. The largest absolute Gasteiger partial charge is 0.462 e. The fraction of sp³-hybridized carbons (Fsp3) is 0.333. The Morgan fingerprint density at radius 3 is 2.27 bits per heavy atom. The maximum atomic E-state index is 12.5. The Balaban J connectivity index is 2.18. The summed E-state index contributed by atoms with van der Waals surface area (Å²) in [6.45, 7) is 5.57. The van der Waals surface area contributed by atoms with E-state index in [1.54, 1.807) is 19.1 Å². The van der Waals surface area contributed by atoms with E-state index in [1.807, 2.05) is 26.0 Å². The van der Waals surface area contributed by atoms with Gasteiger partial charge in [-0.25, -0.2) is 13.2 Å². The normalized spacial score (nSPS) is 11.3. The van der Waals surface area contributed by atoms with Crippen molar-refractivity contribution in [2.75, 3.05) is 29.0 Å². The van der Waals surface area contributed by atoms with Crippen LogP contribution in [0.3, 0.4) is 0 Å². The van der Waals surface area contributed by atoms with Crippen molar-refractivity contribution in [3.05, 3.63) is 58.6 Å². The number of anilines is 2. The van der Waals surface area contributed by atoms with E-state index < -0.39 is 28.4 Å². The van der Waals surface area contributed by atoms with Crippen LogP contribution in [0.2, 0.25) is 5.02 Å². The number of benzene rings is 2. The predicted molar refractivity (Wildman–Crippen MR) is 119 cm³/mol. The number of hydrogen-bond donors (Lipinski definition) is 1. The molecule has 0 heterocycles. The van der Waals surface area contributed by atoms with Gasteiger partial charge in [0, 0.05) is 0 Å². The Labute approximate surface area is 182 Å². The zero-order valence-electron chi connectivity index (χ0n) is 17.3. The monoisotopic (exact) mass is 452 g/mol. The van der Waals surface area contributed by atoms with Crippen molar-refractivity contribution < 1.29 is 22.7 Å². The maximum Gasteiger partial charge on any atom is 0.338 e. The number of nitrogens with zero attached hydrogens (tertiary/aromatic N) is 1. The number of amides is 1. The van der Waals surface area contributed by atoms with Crippen LogP contribution in [0.1, 0.15) is 42.6 Å². The third-order valence-corrected chi connectivity index (χ3v) is 5.74. The Bertz CT molecular complexity index is 1020. The Morgan fingerprint density at radius 1 is 1.13 bits per heavy atom. The number of esters is 1. The lowest BCUT2D eigenvalue weighted by Crippen LogP contribution is -2.37. The minimum absolute atomic E-state index is 0.140. The molecule has 0 atom stereocenters.